The minimum absolute atomic E-state index is 0.117. The van der Waals surface area contributed by atoms with Crippen LogP contribution in [0, 0.1) is 0 Å². The lowest BCUT2D eigenvalue weighted by molar-refractivity contribution is 0.570. The SMILES string of the molecule is CCCN(Cc1nc(C(C)(C)C)cs1)c1ccc(N)cc1. The van der Waals surface area contributed by atoms with Gasteiger partial charge >= 0.3 is 0 Å². The Morgan fingerprint density at radius 1 is 1.19 bits per heavy atom. The molecule has 0 saturated heterocycles. The molecule has 0 radical (unpaired) electrons. The standard InChI is InChI=1S/C17H25N3S/c1-5-10-20(14-8-6-13(18)7-9-14)11-16-19-15(12-21-16)17(2,3)4/h6-9,12H,5,10-11,18H2,1-4H3. The zero-order chi connectivity index (χ0) is 15.5. The van der Waals surface area contributed by atoms with Crippen molar-refractivity contribution in [1.82, 2.24) is 4.98 Å². The summed E-state index contributed by atoms with van der Waals surface area (Å²) in [6, 6.07) is 8.09. The Bertz CT molecular complexity index is 566. The third kappa shape index (κ3) is 4.21. The quantitative estimate of drug-likeness (QED) is 0.830. The van der Waals surface area contributed by atoms with Gasteiger partial charge in [0.05, 0.1) is 12.2 Å². The van der Waals surface area contributed by atoms with Crippen molar-refractivity contribution in [2.75, 3.05) is 17.2 Å². The molecule has 0 spiro atoms. The molecule has 4 heteroatoms. The second-order valence-electron chi connectivity index (χ2n) is 6.39. The van der Waals surface area contributed by atoms with E-state index in [1.54, 1.807) is 11.3 Å². The van der Waals surface area contributed by atoms with Crippen LogP contribution in [0.3, 0.4) is 0 Å². The molecule has 0 aliphatic rings. The molecule has 114 valence electrons. The van der Waals surface area contributed by atoms with Crippen LogP contribution in [0.25, 0.3) is 0 Å². The Hall–Kier alpha value is -1.55. The van der Waals surface area contributed by atoms with Gasteiger partial charge in [0.1, 0.15) is 5.01 Å². The van der Waals surface area contributed by atoms with E-state index >= 15 is 0 Å². The monoisotopic (exact) mass is 303 g/mol. The number of rotatable bonds is 5. The second-order valence-corrected chi connectivity index (χ2v) is 7.33. The van der Waals surface area contributed by atoms with E-state index in [4.69, 9.17) is 10.7 Å². The van der Waals surface area contributed by atoms with Crippen LogP contribution in [0.2, 0.25) is 0 Å². The van der Waals surface area contributed by atoms with E-state index in [9.17, 15) is 0 Å². The number of hydrogen-bond donors (Lipinski definition) is 1. The molecule has 0 amide bonds. The highest BCUT2D eigenvalue weighted by Crippen LogP contribution is 2.26. The van der Waals surface area contributed by atoms with Crippen molar-refractivity contribution >= 4 is 22.7 Å². The Labute approximate surface area is 131 Å². The molecule has 2 rings (SSSR count). The fraction of sp³-hybridized carbons (Fsp3) is 0.471. The molecule has 0 bridgehead atoms. The molecule has 2 aromatic rings. The molecule has 1 aromatic heterocycles. The smallest absolute Gasteiger partial charge is 0.112 e. The van der Waals surface area contributed by atoms with Crippen LogP contribution < -0.4 is 10.6 Å². The van der Waals surface area contributed by atoms with Gasteiger partial charge < -0.3 is 10.6 Å². The third-order valence-electron chi connectivity index (χ3n) is 3.40. The fourth-order valence-electron chi connectivity index (χ4n) is 2.15. The van der Waals surface area contributed by atoms with Gasteiger partial charge in [0.15, 0.2) is 0 Å². The summed E-state index contributed by atoms with van der Waals surface area (Å²) in [5.74, 6) is 0. The molecule has 0 saturated carbocycles. The predicted octanol–water partition coefficient (Wildman–Crippen LogP) is 4.44. The molecule has 0 fully saturated rings. The van der Waals surface area contributed by atoms with E-state index < -0.39 is 0 Å². The zero-order valence-electron chi connectivity index (χ0n) is 13.4. The first-order valence-corrected chi connectivity index (χ1v) is 8.33. The van der Waals surface area contributed by atoms with Crippen LogP contribution >= 0.6 is 11.3 Å². The zero-order valence-corrected chi connectivity index (χ0v) is 14.2. The Balaban J connectivity index is 2.16. The van der Waals surface area contributed by atoms with Gasteiger partial charge in [-0.1, -0.05) is 27.7 Å². The van der Waals surface area contributed by atoms with Crippen LogP contribution in [0.5, 0.6) is 0 Å². The van der Waals surface area contributed by atoms with Crippen molar-refractivity contribution in [3.8, 4) is 0 Å². The number of nitrogen functional groups attached to an aromatic ring is 1. The van der Waals surface area contributed by atoms with E-state index in [2.05, 4.69) is 50.1 Å². The third-order valence-corrected chi connectivity index (χ3v) is 4.23. The molecular weight excluding hydrogens is 278 g/mol. The molecular formula is C17H25N3S. The van der Waals surface area contributed by atoms with Gasteiger partial charge in [-0.3, -0.25) is 0 Å². The van der Waals surface area contributed by atoms with E-state index in [0.29, 0.717) is 0 Å². The Morgan fingerprint density at radius 2 is 1.86 bits per heavy atom. The molecule has 3 nitrogen and oxygen atoms in total. The van der Waals surface area contributed by atoms with Gasteiger partial charge in [-0.15, -0.1) is 11.3 Å². The summed E-state index contributed by atoms with van der Waals surface area (Å²) in [5.41, 5.74) is 9.08. The summed E-state index contributed by atoms with van der Waals surface area (Å²) in [6.07, 6.45) is 1.11. The minimum atomic E-state index is 0.117. The first kappa shape index (κ1) is 15.8. The molecule has 2 N–H and O–H groups in total. The predicted molar refractivity (Wildman–Crippen MR) is 93.0 cm³/mol. The summed E-state index contributed by atoms with van der Waals surface area (Å²) < 4.78 is 0. The summed E-state index contributed by atoms with van der Waals surface area (Å²) >= 11 is 1.75. The van der Waals surface area contributed by atoms with E-state index in [-0.39, 0.29) is 5.41 Å². The number of hydrogen-bond acceptors (Lipinski definition) is 4. The number of nitrogens with zero attached hydrogens (tertiary/aromatic N) is 2. The number of nitrogens with two attached hydrogens (primary N) is 1. The average molecular weight is 303 g/mol. The lowest BCUT2D eigenvalue weighted by Crippen LogP contribution is -2.23. The maximum absolute atomic E-state index is 5.78. The number of anilines is 2. The normalized spacial score (nSPS) is 11.6. The van der Waals surface area contributed by atoms with Crippen LogP contribution in [0.15, 0.2) is 29.6 Å². The summed E-state index contributed by atoms with van der Waals surface area (Å²) in [7, 11) is 0. The second kappa shape index (κ2) is 6.48. The molecule has 1 heterocycles. The van der Waals surface area contributed by atoms with Gasteiger partial charge in [-0.05, 0) is 30.7 Å². The fourth-order valence-corrected chi connectivity index (χ4v) is 3.18. The van der Waals surface area contributed by atoms with Crippen LogP contribution in [-0.4, -0.2) is 11.5 Å². The van der Waals surface area contributed by atoms with Crippen molar-refractivity contribution < 1.29 is 0 Å². The number of benzene rings is 1. The van der Waals surface area contributed by atoms with Crippen LogP contribution in [0.4, 0.5) is 11.4 Å². The van der Waals surface area contributed by atoms with E-state index in [0.717, 1.165) is 25.2 Å². The molecule has 0 aliphatic heterocycles. The summed E-state index contributed by atoms with van der Waals surface area (Å²) in [5, 5.41) is 3.35. The molecule has 0 atom stereocenters. The van der Waals surface area contributed by atoms with E-state index in [1.807, 2.05) is 12.1 Å². The molecule has 0 unspecified atom stereocenters. The number of aromatic nitrogens is 1. The van der Waals surface area contributed by atoms with Gasteiger partial charge in [-0.25, -0.2) is 4.98 Å². The van der Waals surface area contributed by atoms with Crippen LogP contribution in [0.1, 0.15) is 44.8 Å². The summed E-state index contributed by atoms with van der Waals surface area (Å²) in [6.45, 7) is 10.7. The highest BCUT2D eigenvalue weighted by molar-refractivity contribution is 7.09. The first-order chi connectivity index (χ1) is 9.90. The lowest BCUT2D eigenvalue weighted by Gasteiger charge is -2.23. The molecule has 1 aromatic carbocycles. The van der Waals surface area contributed by atoms with Crippen LogP contribution in [-0.2, 0) is 12.0 Å². The van der Waals surface area contributed by atoms with Crippen molar-refractivity contribution in [3.63, 3.8) is 0 Å². The van der Waals surface area contributed by atoms with Gasteiger partial charge in [0, 0.05) is 28.7 Å². The first-order valence-electron chi connectivity index (χ1n) is 7.45. The van der Waals surface area contributed by atoms with Crippen molar-refractivity contribution in [3.05, 3.63) is 40.3 Å². The van der Waals surface area contributed by atoms with Crippen molar-refractivity contribution in [1.29, 1.82) is 0 Å². The Morgan fingerprint density at radius 3 is 2.38 bits per heavy atom. The van der Waals surface area contributed by atoms with Gasteiger partial charge in [0.25, 0.3) is 0 Å². The highest BCUT2D eigenvalue weighted by atomic mass is 32.1. The maximum Gasteiger partial charge on any atom is 0.112 e. The Kier molecular flexibility index (Phi) is 4.88. The summed E-state index contributed by atoms with van der Waals surface area (Å²) in [4.78, 5) is 7.16. The number of thiazole rings is 1. The minimum Gasteiger partial charge on any atom is -0.399 e. The largest absolute Gasteiger partial charge is 0.399 e. The maximum atomic E-state index is 5.78. The van der Waals surface area contributed by atoms with E-state index in [1.165, 1.54) is 16.4 Å². The molecule has 21 heavy (non-hydrogen) atoms. The average Bonchev–Trinajstić information content (AvgIpc) is 2.88. The van der Waals surface area contributed by atoms with Crippen molar-refractivity contribution in [2.45, 2.75) is 46.1 Å². The van der Waals surface area contributed by atoms with Gasteiger partial charge in [0.2, 0.25) is 0 Å². The topological polar surface area (TPSA) is 42.2 Å². The molecule has 0 aliphatic carbocycles. The highest BCUT2D eigenvalue weighted by Gasteiger charge is 2.18. The van der Waals surface area contributed by atoms with Gasteiger partial charge in [-0.2, -0.15) is 0 Å². The van der Waals surface area contributed by atoms with Crippen molar-refractivity contribution in [2.24, 2.45) is 0 Å². The lowest BCUT2D eigenvalue weighted by atomic mass is 9.93.